The first kappa shape index (κ1) is 10.3. The van der Waals surface area contributed by atoms with Gasteiger partial charge in [0, 0.05) is 18.0 Å². The number of nitrogens with two attached hydrogens (primary N) is 1. The third kappa shape index (κ3) is 2.66. The fourth-order valence-corrected chi connectivity index (χ4v) is 1.19. The summed E-state index contributed by atoms with van der Waals surface area (Å²) >= 11 is 0. The van der Waals surface area contributed by atoms with E-state index in [1.807, 2.05) is 30.3 Å². The topological polar surface area (TPSA) is 51.8 Å². The van der Waals surface area contributed by atoms with Crippen molar-refractivity contribution in [2.75, 3.05) is 0 Å². The zero-order chi connectivity index (χ0) is 11.2. The van der Waals surface area contributed by atoms with E-state index in [-0.39, 0.29) is 0 Å². The maximum Gasteiger partial charge on any atom is 0.141 e. The van der Waals surface area contributed by atoms with Crippen molar-refractivity contribution >= 4 is 0 Å². The minimum atomic E-state index is 0.354. The minimum absolute atomic E-state index is 0.354. The van der Waals surface area contributed by atoms with E-state index in [1.54, 1.807) is 12.4 Å². The van der Waals surface area contributed by atoms with Crippen LogP contribution in [0.5, 0.6) is 0 Å². The average molecular weight is 209 g/mol. The van der Waals surface area contributed by atoms with Crippen LogP contribution >= 0.6 is 0 Å². The van der Waals surface area contributed by atoms with Gasteiger partial charge in [0.25, 0.3) is 0 Å². The lowest BCUT2D eigenvalue weighted by molar-refractivity contribution is 0.906. The summed E-state index contributed by atoms with van der Waals surface area (Å²) in [5, 5.41) is 0. The van der Waals surface area contributed by atoms with Gasteiger partial charge in [-0.1, -0.05) is 30.0 Å². The molecule has 2 N–H and O–H groups in total. The molecule has 1 aromatic carbocycles. The van der Waals surface area contributed by atoms with Gasteiger partial charge in [-0.05, 0) is 12.1 Å². The third-order valence-corrected chi connectivity index (χ3v) is 2.01. The number of aromatic nitrogens is 2. The summed E-state index contributed by atoms with van der Waals surface area (Å²) in [4.78, 5) is 8.14. The summed E-state index contributed by atoms with van der Waals surface area (Å²) in [6.07, 6.45) is 3.37. The number of hydrogen-bond donors (Lipinski definition) is 1. The first-order chi connectivity index (χ1) is 7.88. The van der Waals surface area contributed by atoms with Crippen LogP contribution in [0.3, 0.4) is 0 Å². The molecule has 2 rings (SSSR count). The molecule has 0 saturated heterocycles. The molecule has 3 nitrogen and oxygen atoms in total. The largest absolute Gasteiger partial charge is 0.324 e. The Morgan fingerprint density at radius 3 is 2.19 bits per heavy atom. The summed E-state index contributed by atoms with van der Waals surface area (Å²) in [5.41, 5.74) is 7.17. The lowest BCUT2D eigenvalue weighted by atomic mass is 10.2. The van der Waals surface area contributed by atoms with E-state index in [0.717, 1.165) is 11.1 Å². The molecule has 16 heavy (non-hydrogen) atoms. The van der Waals surface area contributed by atoms with Gasteiger partial charge in [-0.3, -0.25) is 0 Å². The summed E-state index contributed by atoms with van der Waals surface area (Å²) in [6.45, 7) is 0.354. The highest BCUT2D eigenvalue weighted by Crippen LogP contribution is 1.97. The van der Waals surface area contributed by atoms with E-state index in [0.29, 0.717) is 12.4 Å². The second-order valence-corrected chi connectivity index (χ2v) is 3.21. The van der Waals surface area contributed by atoms with Crippen LogP contribution < -0.4 is 5.73 Å². The maximum atomic E-state index is 5.40. The van der Waals surface area contributed by atoms with Gasteiger partial charge in [0.15, 0.2) is 0 Å². The Morgan fingerprint density at radius 2 is 1.56 bits per heavy atom. The van der Waals surface area contributed by atoms with Gasteiger partial charge >= 0.3 is 0 Å². The Labute approximate surface area is 94.4 Å². The lowest BCUT2D eigenvalue weighted by Gasteiger charge is -1.93. The number of rotatable bonds is 1. The van der Waals surface area contributed by atoms with Crippen molar-refractivity contribution in [1.82, 2.24) is 9.97 Å². The number of hydrogen-bond acceptors (Lipinski definition) is 3. The zero-order valence-corrected chi connectivity index (χ0v) is 8.72. The van der Waals surface area contributed by atoms with Crippen LogP contribution in [0, 0.1) is 11.8 Å². The zero-order valence-electron chi connectivity index (χ0n) is 8.72. The van der Waals surface area contributed by atoms with Crippen molar-refractivity contribution in [1.29, 1.82) is 0 Å². The predicted molar refractivity (Wildman–Crippen MR) is 62.3 cm³/mol. The Balaban J connectivity index is 2.18. The molecular formula is C13H11N3. The first-order valence-corrected chi connectivity index (χ1v) is 4.96. The second kappa shape index (κ2) is 5.06. The molecule has 0 aliphatic rings. The van der Waals surface area contributed by atoms with Crippen molar-refractivity contribution in [2.24, 2.45) is 5.73 Å². The van der Waals surface area contributed by atoms with Gasteiger partial charge < -0.3 is 5.73 Å². The first-order valence-electron chi connectivity index (χ1n) is 4.96. The molecule has 0 aliphatic carbocycles. The normalized spacial score (nSPS) is 9.31. The molecule has 0 bridgehead atoms. The van der Waals surface area contributed by atoms with Crippen LogP contribution in [0.2, 0.25) is 0 Å². The molecule has 0 fully saturated rings. The van der Waals surface area contributed by atoms with Crippen LogP contribution in [-0.4, -0.2) is 9.97 Å². The molecule has 0 unspecified atom stereocenters. The van der Waals surface area contributed by atoms with E-state index >= 15 is 0 Å². The molecule has 0 radical (unpaired) electrons. The van der Waals surface area contributed by atoms with E-state index in [1.165, 1.54) is 0 Å². The molecule has 2 aromatic rings. The highest BCUT2D eigenvalue weighted by Gasteiger charge is 1.91. The van der Waals surface area contributed by atoms with Crippen LogP contribution in [0.1, 0.15) is 17.0 Å². The van der Waals surface area contributed by atoms with Crippen molar-refractivity contribution in [2.45, 2.75) is 6.54 Å². The van der Waals surface area contributed by atoms with Gasteiger partial charge in [0.05, 0.1) is 12.1 Å². The molecule has 0 atom stereocenters. The van der Waals surface area contributed by atoms with E-state index in [9.17, 15) is 0 Å². The van der Waals surface area contributed by atoms with E-state index < -0.39 is 0 Å². The summed E-state index contributed by atoms with van der Waals surface area (Å²) < 4.78 is 0. The minimum Gasteiger partial charge on any atom is -0.324 e. The van der Waals surface area contributed by atoms with Gasteiger partial charge in [-0.15, -0.1) is 0 Å². The second-order valence-electron chi connectivity index (χ2n) is 3.21. The number of nitrogens with zero attached hydrogens (tertiary/aromatic N) is 2. The van der Waals surface area contributed by atoms with Gasteiger partial charge in [0.1, 0.15) is 5.82 Å². The molecule has 0 saturated carbocycles. The molecule has 78 valence electrons. The Morgan fingerprint density at radius 1 is 0.938 bits per heavy atom. The van der Waals surface area contributed by atoms with Crippen LogP contribution in [0.4, 0.5) is 0 Å². The molecule has 0 aliphatic heterocycles. The molecule has 1 aromatic heterocycles. The van der Waals surface area contributed by atoms with Gasteiger partial charge in [-0.25, -0.2) is 9.97 Å². The smallest absolute Gasteiger partial charge is 0.141 e. The Hall–Kier alpha value is -2.18. The van der Waals surface area contributed by atoms with Crippen LogP contribution in [0.25, 0.3) is 0 Å². The summed E-state index contributed by atoms with van der Waals surface area (Å²) in [7, 11) is 0. The molecule has 0 amide bonds. The Kier molecular flexibility index (Phi) is 3.27. The monoisotopic (exact) mass is 209 g/mol. The fraction of sp³-hybridized carbons (Fsp3) is 0.0769. The lowest BCUT2D eigenvalue weighted by Crippen LogP contribution is -2.02. The van der Waals surface area contributed by atoms with Crippen LogP contribution in [-0.2, 0) is 6.54 Å². The standard InChI is InChI=1S/C13H11N3/c14-8-13-15-9-12(10-16-13)7-6-11-4-2-1-3-5-11/h1-5,9-10H,8,14H2. The number of benzene rings is 1. The van der Waals surface area contributed by atoms with Gasteiger partial charge in [-0.2, -0.15) is 0 Å². The molecular weight excluding hydrogens is 198 g/mol. The predicted octanol–water partition coefficient (Wildman–Crippen LogP) is 1.34. The summed E-state index contributed by atoms with van der Waals surface area (Å²) in [6, 6.07) is 9.80. The van der Waals surface area contributed by atoms with E-state index in [2.05, 4.69) is 21.8 Å². The van der Waals surface area contributed by atoms with E-state index in [4.69, 9.17) is 5.73 Å². The van der Waals surface area contributed by atoms with Gasteiger partial charge in [0.2, 0.25) is 0 Å². The van der Waals surface area contributed by atoms with Crippen LogP contribution in [0.15, 0.2) is 42.7 Å². The van der Waals surface area contributed by atoms with Crippen molar-refractivity contribution in [3.05, 3.63) is 59.7 Å². The maximum absolute atomic E-state index is 5.40. The quantitative estimate of drug-likeness (QED) is 0.721. The highest BCUT2D eigenvalue weighted by molar-refractivity contribution is 5.40. The Bertz CT molecular complexity index is 506. The fourth-order valence-electron chi connectivity index (χ4n) is 1.19. The molecule has 3 heteroatoms. The average Bonchev–Trinajstić information content (AvgIpc) is 2.38. The SMILES string of the molecule is NCc1ncc(C#Cc2ccccc2)cn1. The van der Waals surface area contributed by atoms with Crippen molar-refractivity contribution < 1.29 is 0 Å². The summed E-state index contributed by atoms with van der Waals surface area (Å²) in [5.74, 6) is 6.66. The van der Waals surface area contributed by atoms with Crippen molar-refractivity contribution in [3.63, 3.8) is 0 Å². The molecule has 1 heterocycles. The third-order valence-electron chi connectivity index (χ3n) is 2.01. The molecule has 0 spiro atoms. The van der Waals surface area contributed by atoms with Crippen molar-refractivity contribution in [3.8, 4) is 11.8 Å². The highest BCUT2D eigenvalue weighted by atomic mass is 14.9.